The summed E-state index contributed by atoms with van der Waals surface area (Å²) in [5.41, 5.74) is 3.85. The summed E-state index contributed by atoms with van der Waals surface area (Å²) >= 11 is 0. The zero-order valence-electron chi connectivity index (χ0n) is 20.5. The monoisotopic (exact) mass is 494 g/mol. The van der Waals surface area contributed by atoms with Crippen molar-refractivity contribution in [1.82, 2.24) is 16.1 Å². The number of ether oxygens (including phenoxy) is 1. The van der Waals surface area contributed by atoms with Crippen LogP contribution in [0.1, 0.15) is 48.8 Å². The van der Waals surface area contributed by atoms with Crippen LogP contribution in [0.3, 0.4) is 0 Å². The van der Waals surface area contributed by atoms with Crippen LogP contribution < -0.4 is 16.1 Å². The summed E-state index contributed by atoms with van der Waals surface area (Å²) in [6.07, 6.45) is 4.81. The first-order chi connectivity index (χ1) is 17.4. The van der Waals surface area contributed by atoms with Gasteiger partial charge in [0.05, 0.1) is 7.11 Å². The maximum Gasteiger partial charge on any atom is 0.328 e. The van der Waals surface area contributed by atoms with E-state index in [9.17, 15) is 14.4 Å². The molecule has 36 heavy (non-hydrogen) atoms. The number of hydroxylamine groups is 1. The Labute approximate surface area is 211 Å². The molecular weight excluding hydrogens is 460 g/mol. The van der Waals surface area contributed by atoms with Crippen LogP contribution in [-0.4, -0.2) is 42.0 Å². The van der Waals surface area contributed by atoms with Crippen LogP contribution in [0, 0.1) is 17.2 Å². The van der Waals surface area contributed by atoms with Crippen LogP contribution in [0.25, 0.3) is 0 Å². The normalized spacial score (nSPS) is 15.3. The molecule has 2 aromatic rings. The lowest BCUT2D eigenvalue weighted by molar-refractivity contribution is -0.148. The van der Waals surface area contributed by atoms with E-state index in [1.807, 2.05) is 30.3 Å². The van der Waals surface area contributed by atoms with Crippen LogP contribution >= 0.6 is 0 Å². The van der Waals surface area contributed by atoms with Gasteiger partial charge in [-0.05, 0) is 36.3 Å². The minimum Gasteiger partial charge on any atom is -0.467 e. The first kappa shape index (κ1) is 26.9. The van der Waals surface area contributed by atoms with Gasteiger partial charge >= 0.3 is 5.97 Å². The van der Waals surface area contributed by atoms with Crippen molar-refractivity contribution in [2.75, 3.05) is 7.11 Å². The van der Waals surface area contributed by atoms with Crippen molar-refractivity contribution in [1.29, 1.82) is 5.41 Å². The molecule has 9 nitrogen and oxygen atoms in total. The second-order valence-electron chi connectivity index (χ2n) is 9.05. The highest BCUT2D eigenvalue weighted by atomic mass is 16.5. The van der Waals surface area contributed by atoms with E-state index in [0.717, 1.165) is 37.7 Å². The zero-order valence-corrected chi connectivity index (χ0v) is 20.5. The van der Waals surface area contributed by atoms with Gasteiger partial charge in [0.25, 0.3) is 0 Å². The van der Waals surface area contributed by atoms with E-state index in [2.05, 4.69) is 10.6 Å². The van der Waals surface area contributed by atoms with E-state index in [4.69, 9.17) is 15.4 Å². The van der Waals surface area contributed by atoms with Gasteiger partial charge in [-0.3, -0.25) is 25.7 Å². The van der Waals surface area contributed by atoms with Gasteiger partial charge in [0.1, 0.15) is 17.8 Å². The molecule has 5 N–H and O–H groups in total. The van der Waals surface area contributed by atoms with Gasteiger partial charge in [0.2, 0.25) is 11.8 Å². The number of carbonyl (C=O) groups is 3. The molecule has 1 aliphatic carbocycles. The summed E-state index contributed by atoms with van der Waals surface area (Å²) in [6.45, 7) is 0.269. The molecule has 0 aromatic heterocycles. The number of amidine groups is 1. The molecule has 0 heterocycles. The lowest BCUT2D eigenvalue weighted by Gasteiger charge is -2.30. The first-order valence-corrected chi connectivity index (χ1v) is 12.2. The quantitative estimate of drug-likeness (QED) is 0.113. The fourth-order valence-electron chi connectivity index (χ4n) is 4.54. The molecule has 2 aromatic carbocycles. The van der Waals surface area contributed by atoms with Crippen molar-refractivity contribution in [3.8, 4) is 0 Å². The Hall–Kier alpha value is -3.72. The molecule has 9 heteroatoms. The molecule has 2 atom stereocenters. The second-order valence-corrected chi connectivity index (χ2v) is 9.05. The number of amides is 2. The second kappa shape index (κ2) is 13.4. The van der Waals surface area contributed by atoms with Crippen molar-refractivity contribution in [3.63, 3.8) is 0 Å². The smallest absolute Gasteiger partial charge is 0.328 e. The predicted molar refractivity (Wildman–Crippen MR) is 134 cm³/mol. The molecule has 192 valence electrons. The van der Waals surface area contributed by atoms with Gasteiger partial charge in [-0.15, -0.1) is 0 Å². The molecule has 3 rings (SSSR count). The Kier molecular flexibility index (Phi) is 10.00. The van der Waals surface area contributed by atoms with Crippen molar-refractivity contribution in [2.24, 2.45) is 11.8 Å². The maximum atomic E-state index is 13.4. The van der Waals surface area contributed by atoms with Gasteiger partial charge < -0.3 is 15.4 Å². The molecule has 0 spiro atoms. The van der Waals surface area contributed by atoms with Crippen molar-refractivity contribution in [2.45, 2.75) is 51.1 Å². The molecule has 2 amide bonds. The predicted octanol–water partition coefficient (Wildman–Crippen LogP) is 2.70. The fourth-order valence-corrected chi connectivity index (χ4v) is 4.54. The topological polar surface area (TPSA) is 141 Å². The molecule has 1 aliphatic rings. The van der Waals surface area contributed by atoms with Crippen LogP contribution in [0.5, 0.6) is 0 Å². The summed E-state index contributed by atoms with van der Waals surface area (Å²) in [5.74, 6) is -2.75. The van der Waals surface area contributed by atoms with Gasteiger partial charge in [-0.25, -0.2) is 4.79 Å². The van der Waals surface area contributed by atoms with Crippen molar-refractivity contribution < 1.29 is 24.3 Å². The summed E-state index contributed by atoms with van der Waals surface area (Å²) < 4.78 is 4.98. The van der Waals surface area contributed by atoms with Crippen LogP contribution in [0.4, 0.5) is 0 Å². The van der Waals surface area contributed by atoms with Gasteiger partial charge in [-0.1, -0.05) is 73.9 Å². The number of benzene rings is 2. The number of methoxy groups -OCH3 is 1. The van der Waals surface area contributed by atoms with E-state index in [0.29, 0.717) is 11.1 Å². The lowest BCUT2D eigenvalue weighted by atomic mass is 9.83. The number of esters is 1. The lowest BCUT2D eigenvalue weighted by Crippen LogP contribution is -2.51. The van der Waals surface area contributed by atoms with Crippen LogP contribution in [0.2, 0.25) is 0 Å². The summed E-state index contributed by atoms with van der Waals surface area (Å²) in [4.78, 5) is 39.2. The summed E-state index contributed by atoms with van der Waals surface area (Å²) in [7, 11) is 1.30. The number of carbonyl (C=O) groups excluding carboxylic acids is 3. The van der Waals surface area contributed by atoms with Gasteiger partial charge in [0.15, 0.2) is 0 Å². The van der Waals surface area contributed by atoms with Crippen molar-refractivity contribution >= 4 is 23.6 Å². The van der Waals surface area contributed by atoms with Crippen LogP contribution in [0.15, 0.2) is 54.6 Å². The minimum absolute atomic E-state index is 0.0283. The molecule has 0 bridgehead atoms. The fraction of sp³-hybridized carbons (Fsp3) is 0.407. The number of rotatable bonds is 10. The molecular formula is C27H34N4O5. The van der Waals surface area contributed by atoms with E-state index < -0.39 is 29.7 Å². The summed E-state index contributed by atoms with van der Waals surface area (Å²) in [6, 6.07) is 15.2. The molecule has 1 fully saturated rings. The third-order valence-electron chi connectivity index (χ3n) is 6.61. The van der Waals surface area contributed by atoms with Gasteiger partial charge in [-0.2, -0.15) is 0 Å². The third kappa shape index (κ3) is 7.39. The maximum absolute atomic E-state index is 13.4. The van der Waals surface area contributed by atoms with E-state index in [1.165, 1.54) is 7.11 Å². The van der Waals surface area contributed by atoms with Crippen molar-refractivity contribution in [3.05, 3.63) is 71.3 Å². The highest BCUT2D eigenvalue weighted by Crippen LogP contribution is 2.27. The number of hydrogen-bond acceptors (Lipinski definition) is 6. The highest BCUT2D eigenvalue weighted by molar-refractivity contribution is 6.02. The van der Waals surface area contributed by atoms with Gasteiger partial charge in [0, 0.05) is 12.1 Å². The minimum atomic E-state index is -1.08. The number of hydrogen-bond donors (Lipinski definition) is 5. The van der Waals surface area contributed by atoms with E-state index >= 15 is 0 Å². The molecule has 0 saturated heterocycles. The Morgan fingerprint density at radius 1 is 0.972 bits per heavy atom. The molecule has 0 unspecified atom stereocenters. The Morgan fingerprint density at radius 2 is 1.64 bits per heavy atom. The van der Waals surface area contributed by atoms with E-state index in [-0.39, 0.29) is 24.7 Å². The van der Waals surface area contributed by atoms with Crippen LogP contribution in [-0.2, 0) is 32.1 Å². The first-order valence-electron chi connectivity index (χ1n) is 12.2. The Bertz CT molecular complexity index is 1040. The zero-order chi connectivity index (χ0) is 25.9. The molecule has 0 radical (unpaired) electrons. The molecule has 0 aliphatic heterocycles. The standard InChI is InChI=1S/C27H34N4O5/c1-36-27(34)23(20-10-6-3-7-11-20)30-26(33)22(25(32)29-17-19-8-4-2-5-9-19)16-18-12-14-21(15-13-18)24(28)31-35/h2,4-5,8-9,12-15,20,22-23,35H,3,6-7,10-11,16-17H2,1H3,(H2,28,31)(H,29,32)(H,30,33)/t22-,23+/m1/s1. The Morgan fingerprint density at radius 3 is 2.25 bits per heavy atom. The highest BCUT2D eigenvalue weighted by Gasteiger charge is 2.35. The Balaban J connectivity index is 1.79. The number of nitrogens with one attached hydrogen (secondary N) is 4. The third-order valence-corrected chi connectivity index (χ3v) is 6.61. The average molecular weight is 495 g/mol. The summed E-state index contributed by atoms with van der Waals surface area (Å²) in [5, 5.41) is 22.3. The average Bonchev–Trinajstić information content (AvgIpc) is 2.93. The largest absolute Gasteiger partial charge is 0.467 e. The van der Waals surface area contributed by atoms with E-state index in [1.54, 1.807) is 29.7 Å². The molecule has 1 saturated carbocycles. The SMILES string of the molecule is COC(=O)[C@@H](NC(=O)[C@H](Cc1ccc(C(=N)NO)cc1)C(=O)NCc1ccccc1)C1CCCCC1.